The van der Waals surface area contributed by atoms with E-state index in [9.17, 15) is 5.26 Å². The van der Waals surface area contributed by atoms with Crippen molar-refractivity contribution in [1.29, 1.82) is 5.26 Å². The van der Waals surface area contributed by atoms with Crippen molar-refractivity contribution in [1.82, 2.24) is 9.30 Å². The molecule has 23 heavy (non-hydrogen) atoms. The SMILES string of the molecule is CN(Cc1cccc(Cl)c1Cl)Cc1cn2ccccc2c1C#N. The molecule has 3 rings (SSSR count). The van der Waals surface area contributed by atoms with Gasteiger partial charge in [-0.15, -0.1) is 0 Å². The number of halogens is 2. The molecule has 5 heteroatoms. The Hall–Kier alpha value is -1.99. The maximum absolute atomic E-state index is 9.47. The van der Waals surface area contributed by atoms with Crippen LogP contribution < -0.4 is 0 Å². The number of hydrogen-bond acceptors (Lipinski definition) is 2. The lowest BCUT2D eigenvalue weighted by atomic mass is 10.1. The molecule has 1 aromatic carbocycles. The molecular formula is C18H15Cl2N3. The van der Waals surface area contributed by atoms with Gasteiger partial charge in [0.1, 0.15) is 6.07 Å². The van der Waals surface area contributed by atoms with Crippen LogP contribution in [0.25, 0.3) is 5.52 Å². The summed E-state index contributed by atoms with van der Waals surface area (Å²) in [4.78, 5) is 2.12. The van der Waals surface area contributed by atoms with Gasteiger partial charge in [0.05, 0.1) is 21.1 Å². The van der Waals surface area contributed by atoms with Crippen LogP contribution in [0.15, 0.2) is 48.8 Å². The summed E-state index contributed by atoms with van der Waals surface area (Å²) in [6.45, 7) is 1.32. The Bertz CT molecular complexity index is 893. The second-order valence-corrected chi connectivity index (χ2v) is 6.30. The van der Waals surface area contributed by atoms with E-state index in [1.165, 1.54) is 0 Å². The fourth-order valence-corrected chi connectivity index (χ4v) is 3.11. The predicted molar refractivity (Wildman–Crippen MR) is 93.7 cm³/mol. The zero-order chi connectivity index (χ0) is 16.4. The Balaban J connectivity index is 1.84. The smallest absolute Gasteiger partial charge is 0.102 e. The minimum atomic E-state index is 0.560. The van der Waals surface area contributed by atoms with Gasteiger partial charge in [0.25, 0.3) is 0 Å². The predicted octanol–water partition coefficient (Wildman–Crippen LogP) is 4.75. The lowest BCUT2D eigenvalue weighted by molar-refractivity contribution is 0.319. The Labute approximate surface area is 145 Å². The molecule has 0 aliphatic carbocycles. The van der Waals surface area contributed by atoms with E-state index in [1.54, 1.807) is 6.07 Å². The van der Waals surface area contributed by atoms with Crippen molar-refractivity contribution in [3.05, 3.63) is 75.5 Å². The van der Waals surface area contributed by atoms with Crippen LogP contribution in [0.2, 0.25) is 10.0 Å². The topological polar surface area (TPSA) is 31.4 Å². The molecule has 0 fully saturated rings. The fourth-order valence-electron chi connectivity index (χ4n) is 2.73. The first-order chi connectivity index (χ1) is 11.1. The van der Waals surface area contributed by atoms with Gasteiger partial charge in [-0.2, -0.15) is 5.26 Å². The van der Waals surface area contributed by atoms with Gasteiger partial charge in [-0.25, -0.2) is 0 Å². The van der Waals surface area contributed by atoms with Crippen molar-refractivity contribution < 1.29 is 0 Å². The van der Waals surface area contributed by atoms with Crippen LogP contribution in [0, 0.1) is 11.3 Å². The summed E-state index contributed by atoms with van der Waals surface area (Å²) in [5, 5.41) is 10.6. The second-order valence-electron chi connectivity index (χ2n) is 5.52. The molecule has 0 atom stereocenters. The summed E-state index contributed by atoms with van der Waals surface area (Å²) in [5.74, 6) is 0. The van der Waals surface area contributed by atoms with E-state index in [0.717, 1.165) is 22.2 Å². The minimum absolute atomic E-state index is 0.560. The highest BCUT2D eigenvalue weighted by Crippen LogP contribution is 2.27. The molecule has 116 valence electrons. The highest BCUT2D eigenvalue weighted by Gasteiger charge is 2.13. The van der Waals surface area contributed by atoms with Gasteiger partial charge in [-0.3, -0.25) is 4.90 Å². The van der Waals surface area contributed by atoms with E-state index in [0.29, 0.717) is 23.1 Å². The molecule has 2 aromatic heterocycles. The third-order valence-electron chi connectivity index (χ3n) is 3.79. The first-order valence-corrected chi connectivity index (χ1v) is 7.96. The van der Waals surface area contributed by atoms with Crippen molar-refractivity contribution in [2.45, 2.75) is 13.1 Å². The third kappa shape index (κ3) is 3.20. The van der Waals surface area contributed by atoms with E-state index < -0.39 is 0 Å². The van der Waals surface area contributed by atoms with E-state index in [2.05, 4.69) is 11.0 Å². The Morgan fingerprint density at radius 2 is 1.87 bits per heavy atom. The molecule has 2 heterocycles. The fraction of sp³-hybridized carbons (Fsp3) is 0.167. The van der Waals surface area contributed by atoms with Gasteiger partial charge in [-0.05, 0) is 30.8 Å². The lowest BCUT2D eigenvalue weighted by Gasteiger charge is -2.17. The van der Waals surface area contributed by atoms with Crippen LogP contribution in [-0.4, -0.2) is 16.3 Å². The monoisotopic (exact) mass is 343 g/mol. The maximum Gasteiger partial charge on any atom is 0.102 e. The highest BCUT2D eigenvalue weighted by atomic mass is 35.5. The molecule has 0 unspecified atom stereocenters. The molecule has 3 nitrogen and oxygen atoms in total. The molecule has 3 aromatic rings. The summed E-state index contributed by atoms with van der Waals surface area (Å²) in [6, 6.07) is 13.8. The lowest BCUT2D eigenvalue weighted by Crippen LogP contribution is -2.17. The van der Waals surface area contributed by atoms with Gasteiger partial charge in [0.2, 0.25) is 0 Å². The van der Waals surface area contributed by atoms with E-state index in [4.69, 9.17) is 23.2 Å². The maximum atomic E-state index is 9.47. The van der Waals surface area contributed by atoms with Crippen molar-refractivity contribution in [2.24, 2.45) is 0 Å². The number of benzene rings is 1. The molecule has 0 radical (unpaired) electrons. The number of nitriles is 1. The molecule has 0 saturated carbocycles. The normalized spacial score (nSPS) is 11.1. The molecule has 0 aliphatic heterocycles. The Morgan fingerprint density at radius 3 is 2.65 bits per heavy atom. The van der Waals surface area contributed by atoms with Gasteiger partial charge in [0.15, 0.2) is 0 Å². The van der Waals surface area contributed by atoms with Gasteiger partial charge >= 0.3 is 0 Å². The molecule has 0 spiro atoms. The summed E-state index contributed by atoms with van der Waals surface area (Å²) in [5.41, 5.74) is 3.62. The Kier molecular flexibility index (Phi) is 4.58. The molecule has 0 aliphatic rings. The summed E-state index contributed by atoms with van der Waals surface area (Å²) < 4.78 is 1.98. The summed E-state index contributed by atoms with van der Waals surface area (Å²) in [7, 11) is 2.00. The number of nitrogens with zero attached hydrogens (tertiary/aromatic N) is 3. The van der Waals surface area contributed by atoms with Crippen LogP contribution in [0.1, 0.15) is 16.7 Å². The average Bonchev–Trinajstić information content (AvgIpc) is 2.88. The molecule has 0 saturated heterocycles. The van der Waals surface area contributed by atoms with Gasteiger partial charge < -0.3 is 4.40 Å². The number of aromatic nitrogens is 1. The van der Waals surface area contributed by atoms with Gasteiger partial charge in [0, 0.05) is 31.0 Å². The molecular weight excluding hydrogens is 329 g/mol. The van der Waals surface area contributed by atoms with E-state index >= 15 is 0 Å². The van der Waals surface area contributed by atoms with Crippen LogP contribution in [0.3, 0.4) is 0 Å². The van der Waals surface area contributed by atoms with Crippen molar-refractivity contribution in [3.63, 3.8) is 0 Å². The largest absolute Gasteiger partial charge is 0.322 e. The summed E-state index contributed by atoms with van der Waals surface area (Å²) >= 11 is 12.3. The van der Waals surface area contributed by atoms with Crippen molar-refractivity contribution in [2.75, 3.05) is 7.05 Å². The molecule has 0 N–H and O–H groups in total. The van der Waals surface area contributed by atoms with E-state index in [-0.39, 0.29) is 0 Å². The first kappa shape index (κ1) is 15.9. The minimum Gasteiger partial charge on any atom is -0.322 e. The van der Waals surface area contributed by atoms with Crippen LogP contribution in [0.5, 0.6) is 0 Å². The standard InChI is InChI=1S/C18H15Cl2N3/c1-22(10-13-5-4-6-16(19)18(13)20)11-14-12-23-8-3-2-7-17(23)15(14)9-21/h2-8,12H,10-11H2,1H3. The number of fused-ring (bicyclic) bond motifs is 1. The van der Waals surface area contributed by atoms with Crippen LogP contribution in [0.4, 0.5) is 0 Å². The average molecular weight is 344 g/mol. The third-order valence-corrected chi connectivity index (χ3v) is 4.64. The number of pyridine rings is 1. The number of hydrogen-bond donors (Lipinski definition) is 0. The van der Waals surface area contributed by atoms with E-state index in [1.807, 2.05) is 54.2 Å². The zero-order valence-electron chi connectivity index (χ0n) is 12.6. The Morgan fingerprint density at radius 1 is 1.09 bits per heavy atom. The van der Waals surface area contributed by atoms with Crippen molar-refractivity contribution in [3.8, 4) is 6.07 Å². The van der Waals surface area contributed by atoms with Gasteiger partial charge in [-0.1, -0.05) is 41.4 Å². The second kappa shape index (κ2) is 6.64. The first-order valence-electron chi connectivity index (χ1n) is 7.20. The van der Waals surface area contributed by atoms with Crippen LogP contribution in [-0.2, 0) is 13.1 Å². The van der Waals surface area contributed by atoms with Crippen LogP contribution >= 0.6 is 23.2 Å². The molecule has 0 amide bonds. The highest BCUT2D eigenvalue weighted by molar-refractivity contribution is 6.42. The zero-order valence-corrected chi connectivity index (χ0v) is 14.1. The molecule has 0 bridgehead atoms. The summed E-state index contributed by atoms with van der Waals surface area (Å²) in [6.07, 6.45) is 3.96. The number of rotatable bonds is 4. The van der Waals surface area contributed by atoms with Crippen molar-refractivity contribution >= 4 is 28.7 Å². The quantitative estimate of drug-likeness (QED) is 0.684.